The van der Waals surface area contributed by atoms with E-state index in [9.17, 15) is 13.2 Å². The number of carbonyl (C=O) groups is 1. The number of hydrogen-bond donors (Lipinski definition) is 1. The minimum atomic E-state index is -3.49. The van der Waals surface area contributed by atoms with Crippen LogP contribution >= 0.6 is 0 Å². The van der Waals surface area contributed by atoms with Crippen molar-refractivity contribution in [3.05, 3.63) is 17.7 Å². The van der Waals surface area contributed by atoms with Gasteiger partial charge < -0.3 is 14.2 Å². The molecule has 162 valence electrons. The fourth-order valence-corrected chi connectivity index (χ4v) is 4.52. The van der Waals surface area contributed by atoms with Crippen LogP contribution in [-0.2, 0) is 14.8 Å². The van der Waals surface area contributed by atoms with Gasteiger partial charge in [-0.3, -0.25) is 4.79 Å². The van der Waals surface area contributed by atoms with E-state index in [1.165, 1.54) is 31.8 Å². The Morgan fingerprint density at radius 3 is 2.21 bits per heavy atom. The van der Waals surface area contributed by atoms with Crippen LogP contribution in [0.15, 0.2) is 17.2 Å². The number of carbonyl (C=O) groups excluding carboxylic acids is 1. The standard InChI is InChI=1S/C19H29N3O6S/c1-26-16-10-14(11-17(27-2)19(16)28-3)12-20-21-18(23)13-22(29(4,24)25)15-8-6-5-7-9-15/h10-12,15H,5-9,13H2,1-4H3,(H,21,23). The van der Waals surface area contributed by atoms with E-state index in [1.807, 2.05) is 0 Å². The van der Waals surface area contributed by atoms with Crippen molar-refractivity contribution in [3.8, 4) is 17.2 Å². The molecule has 0 radical (unpaired) electrons. The summed E-state index contributed by atoms with van der Waals surface area (Å²) < 4.78 is 41.4. The molecule has 1 aliphatic carbocycles. The van der Waals surface area contributed by atoms with Crippen molar-refractivity contribution in [2.24, 2.45) is 5.10 Å². The number of hydrazone groups is 1. The first kappa shape index (κ1) is 23.0. The Hall–Kier alpha value is -2.33. The maximum Gasteiger partial charge on any atom is 0.255 e. The normalized spacial score (nSPS) is 15.5. The fourth-order valence-electron chi connectivity index (χ4n) is 3.42. The van der Waals surface area contributed by atoms with Crippen LogP contribution in [-0.4, -0.2) is 65.0 Å². The Bertz CT molecular complexity index is 809. The first-order valence-corrected chi connectivity index (χ1v) is 11.2. The molecule has 10 heteroatoms. The number of benzene rings is 1. The minimum Gasteiger partial charge on any atom is -0.493 e. The summed E-state index contributed by atoms with van der Waals surface area (Å²) in [7, 11) is 1.03. The average Bonchev–Trinajstić information content (AvgIpc) is 2.71. The summed E-state index contributed by atoms with van der Waals surface area (Å²) in [6.45, 7) is -0.254. The SMILES string of the molecule is COc1cc(C=NNC(=O)CN(C2CCCCC2)S(C)(=O)=O)cc(OC)c1OC. The third kappa shape index (κ3) is 6.33. The summed E-state index contributed by atoms with van der Waals surface area (Å²) in [4.78, 5) is 12.3. The molecule has 2 rings (SSSR count). The van der Waals surface area contributed by atoms with Crippen molar-refractivity contribution in [2.45, 2.75) is 38.1 Å². The molecule has 1 aliphatic rings. The minimum absolute atomic E-state index is 0.136. The number of rotatable bonds is 9. The van der Waals surface area contributed by atoms with E-state index in [0.717, 1.165) is 38.4 Å². The largest absolute Gasteiger partial charge is 0.493 e. The second kappa shape index (κ2) is 10.4. The van der Waals surface area contributed by atoms with E-state index in [0.29, 0.717) is 22.8 Å². The van der Waals surface area contributed by atoms with Crippen LogP contribution in [0.4, 0.5) is 0 Å². The maximum atomic E-state index is 12.3. The molecular weight excluding hydrogens is 398 g/mol. The second-order valence-electron chi connectivity index (χ2n) is 6.85. The van der Waals surface area contributed by atoms with Gasteiger partial charge in [-0.25, -0.2) is 13.8 Å². The third-order valence-electron chi connectivity index (χ3n) is 4.80. The molecule has 0 aliphatic heterocycles. The second-order valence-corrected chi connectivity index (χ2v) is 8.79. The van der Waals surface area contributed by atoms with E-state index in [4.69, 9.17) is 14.2 Å². The van der Waals surface area contributed by atoms with E-state index < -0.39 is 15.9 Å². The van der Waals surface area contributed by atoms with Gasteiger partial charge in [0.1, 0.15) is 0 Å². The molecule has 0 spiro atoms. The van der Waals surface area contributed by atoms with Gasteiger partial charge in [0.2, 0.25) is 15.8 Å². The smallest absolute Gasteiger partial charge is 0.255 e. The molecule has 1 aromatic carbocycles. The number of amides is 1. The highest BCUT2D eigenvalue weighted by atomic mass is 32.2. The lowest BCUT2D eigenvalue weighted by molar-refractivity contribution is -0.121. The lowest BCUT2D eigenvalue weighted by Crippen LogP contribution is -2.45. The summed E-state index contributed by atoms with van der Waals surface area (Å²) >= 11 is 0. The summed E-state index contributed by atoms with van der Waals surface area (Å²) in [5.74, 6) is 0.873. The van der Waals surface area contributed by atoms with Gasteiger partial charge in [-0.1, -0.05) is 19.3 Å². The predicted octanol–water partition coefficient (Wildman–Crippen LogP) is 1.76. The van der Waals surface area contributed by atoms with Gasteiger partial charge in [-0.15, -0.1) is 0 Å². The predicted molar refractivity (Wildman–Crippen MR) is 110 cm³/mol. The third-order valence-corrected chi connectivity index (χ3v) is 6.08. The molecule has 1 fully saturated rings. The molecule has 9 nitrogen and oxygen atoms in total. The Balaban J connectivity index is 2.06. The molecule has 1 saturated carbocycles. The zero-order valence-electron chi connectivity index (χ0n) is 17.3. The maximum absolute atomic E-state index is 12.3. The lowest BCUT2D eigenvalue weighted by Gasteiger charge is -2.31. The van der Waals surface area contributed by atoms with Crippen molar-refractivity contribution in [1.29, 1.82) is 0 Å². The van der Waals surface area contributed by atoms with Crippen LogP contribution in [0.25, 0.3) is 0 Å². The van der Waals surface area contributed by atoms with Crippen LogP contribution in [0.1, 0.15) is 37.7 Å². The Morgan fingerprint density at radius 1 is 1.14 bits per heavy atom. The average molecular weight is 428 g/mol. The number of sulfonamides is 1. The van der Waals surface area contributed by atoms with E-state index >= 15 is 0 Å². The topological polar surface area (TPSA) is 107 Å². The molecule has 0 saturated heterocycles. The monoisotopic (exact) mass is 427 g/mol. The molecule has 0 atom stereocenters. The van der Waals surface area contributed by atoms with Gasteiger partial charge in [0.15, 0.2) is 11.5 Å². The quantitative estimate of drug-likeness (QED) is 0.475. The molecule has 1 aromatic rings. The summed E-state index contributed by atoms with van der Waals surface area (Å²) in [5.41, 5.74) is 3.01. The Morgan fingerprint density at radius 2 is 1.72 bits per heavy atom. The summed E-state index contributed by atoms with van der Waals surface area (Å²) in [6.07, 6.45) is 7.14. The lowest BCUT2D eigenvalue weighted by atomic mass is 9.95. The van der Waals surface area contributed by atoms with E-state index in [-0.39, 0.29) is 12.6 Å². The molecule has 0 heterocycles. The van der Waals surface area contributed by atoms with Crippen molar-refractivity contribution in [3.63, 3.8) is 0 Å². The van der Waals surface area contributed by atoms with Crippen LogP contribution in [0.3, 0.4) is 0 Å². The molecule has 1 amide bonds. The Labute approximate surface area is 172 Å². The summed E-state index contributed by atoms with van der Waals surface area (Å²) in [5, 5.41) is 3.93. The number of methoxy groups -OCH3 is 3. The van der Waals surface area contributed by atoms with Gasteiger partial charge in [0, 0.05) is 11.6 Å². The van der Waals surface area contributed by atoms with Crippen LogP contribution in [0, 0.1) is 0 Å². The molecular formula is C19H29N3O6S. The van der Waals surface area contributed by atoms with Crippen LogP contribution in [0.2, 0.25) is 0 Å². The zero-order chi connectivity index (χ0) is 21.4. The highest BCUT2D eigenvalue weighted by Gasteiger charge is 2.29. The molecule has 0 bridgehead atoms. The van der Waals surface area contributed by atoms with E-state index in [2.05, 4.69) is 10.5 Å². The van der Waals surface area contributed by atoms with Gasteiger partial charge in [-0.2, -0.15) is 9.41 Å². The first-order chi connectivity index (χ1) is 13.8. The van der Waals surface area contributed by atoms with Crippen molar-refractivity contribution >= 4 is 22.1 Å². The zero-order valence-corrected chi connectivity index (χ0v) is 18.1. The fraction of sp³-hybridized carbons (Fsp3) is 0.579. The summed E-state index contributed by atoms with van der Waals surface area (Å²) in [6, 6.07) is 3.23. The van der Waals surface area contributed by atoms with Gasteiger partial charge in [-0.05, 0) is 25.0 Å². The van der Waals surface area contributed by atoms with Crippen LogP contribution < -0.4 is 19.6 Å². The van der Waals surface area contributed by atoms with Gasteiger partial charge in [0.25, 0.3) is 5.91 Å². The van der Waals surface area contributed by atoms with Gasteiger partial charge >= 0.3 is 0 Å². The molecule has 1 N–H and O–H groups in total. The van der Waals surface area contributed by atoms with Crippen LogP contribution in [0.5, 0.6) is 17.2 Å². The van der Waals surface area contributed by atoms with Crippen molar-refractivity contribution in [1.82, 2.24) is 9.73 Å². The van der Waals surface area contributed by atoms with E-state index in [1.54, 1.807) is 12.1 Å². The molecule has 0 unspecified atom stereocenters. The van der Waals surface area contributed by atoms with Gasteiger partial charge in [0.05, 0.1) is 40.3 Å². The van der Waals surface area contributed by atoms with Crippen molar-refractivity contribution in [2.75, 3.05) is 34.1 Å². The highest BCUT2D eigenvalue weighted by Crippen LogP contribution is 2.37. The van der Waals surface area contributed by atoms with Crippen molar-refractivity contribution < 1.29 is 27.4 Å². The number of nitrogens with zero attached hydrogens (tertiary/aromatic N) is 2. The number of nitrogens with one attached hydrogen (secondary N) is 1. The molecule has 0 aromatic heterocycles. The molecule has 29 heavy (non-hydrogen) atoms. The Kier molecular flexibility index (Phi) is 8.27. The number of ether oxygens (including phenoxy) is 3. The highest BCUT2D eigenvalue weighted by molar-refractivity contribution is 7.88. The first-order valence-electron chi connectivity index (χ1n) is 9.39. The number of hydrogen-bond acceptors (Lipinski definition) is 7.